The molecule has 1 aliphatic heterocycles. The van der Waals surface area contributed by atoms with E-state index in [0.717, 1.165) is 25.7 Å². The van der Waals surface area contributed by atoms with Gasteiger partial charge in [0.25, 0.3) is 0 Å². The minimum absolute atomic E-state index is 0.0294. The van der Waals surface area contributed by atoms with Crippen LogP contribution in [0.4, 0.5) is 0 Å². The second-order valence-corrected chi connectivity index (χ2v) is 4.70. The van der Waals surface area contributed by atoms with Crippen molar-refractivity contribution < 1.29 is 15.1 Å². The molecule has 0 aromatic rings. The topological polar surface area (TPSA) is 99.2 Å². The molecule has 6 heteroatoms. The van der Waals surface area contributed by atoms with Crippen LogP contribution in [0.25, 0.3) is 0 Å². The summed E-state index contributed by atoms with van der Waals surface area (Å²) in [5.41, 5.74) is 5.55. The lowest BCUT2D eigenvalue weighted by atomic mass is 10.0. The summed E-state index contributed by atoms with van der Waals surface area (Å²) in [7, 11) is 0. The zero-order valence-electron chi connectivity index (χ0n) is 10.9. The molecule has 0 radical (unpaired) electrons. The summed E-state index contributed by atoms with van der Waals surface area (Å²) in [4.78, 5) is 14.1. The Morgan fingerprint density at radius 1 is 1.50 bits per heavy atom. The molecular weight excluding hydrogens is 234 g/mol. The highest BCUT2D eigenvalue weighted by atomic mass is 16.4. The van der Waals surface area contributed by atoms with Crippen molar-refractivity contribution in [2.45, 2.75) is 45.1 Å². The van der Waals surface area contributed by atoms with Crippen molar-refractivity contribution in [3.05, 3.63) is 0 Å². The molecule has 1 saturated heterocycles. The second-order valence-electron chi connectivity index (χ2n) is 4.70. The van der Waals surface area contributed by atoms with Gasteiger partial charge in [-0.2, -0.15) is 0 Å². The smallest absolute Gasteiger partial charge is 0.233 e. The molecule has 1 rings (SSSR count). The third kappa shape index (κ3) is 3.35. The standard InChI is InChI=1S/C12H23N3O3/c1-2-10(11(13)14-18)12(17)15-7-5-3-4-6-9(15)8-16/h9-10,16,18H,2-8H2,1H3,(H2,13,14). The highest BCUT2D eigenvalue weighted by molar-refractivity contribution is 6.02. The summed E-state index contributed by atoms with van der Waals surface area (Å²) in [5, 5.41) is 21.0. The maximum atomic E-state index is 12.4. The monoisotopic (exact) mass is 257 g/mol. The summed E-state index contributed by atoms with van der Waals surface area (Å²) < 4.78 is 0. The van der Waals surface area contributed by atoms with Gasteiger partial charge < -0.3 is 20.9 Å². The van der Waals surface area contributed by atoms with E-state index in [0.29, 0.717) is 13.0 Å². The first-order valence-corrected chi connectivity index (χ1v) is 6.54. The average molecular weight is 257 g/mol. The van der Waals surface area contributed by atoms with Gasteiger partial charge in [0.15, 0.2) is 5.84 Å². The molecule has 0 saturated carbocycles. The van der Waals surface area contributed by atoms with Crippen molar-refractivity contribution in [1.82, 2.24) is 4.90 Å². The number of aliphatic hydroxyl groups excluding tert-OH is 1. The molecular formula is C12H23N3O3. The zero-order valence-corrected chi connectivity index (χ0v) is 10.9. The Kier molecular flexibility index (Phi) is 5.91. The molecule has 0 aromatic heterocycles. The molecule has 0 aromatic carbocycles. The average Bonchev–Trinajstić information content (AvgIpc) is 2.63. The van der Waals surface area contributed by atoms with Gasteiger partial charge >= 0.3 is 0 Å². The maximum Gasteiger partial charge on any atom is 0.233 e. The molecule has 104 valence electrons. The Labute approximate surface area is 107 Å². The first-order valence-electron chi connectivity index (χ1n) is 6.54. The van der Waals surface area contributed by atoms with Gasteiger partial charge in [0.1, 0.15) is 0 Å². The first kappa shape index (κ1) is 14.8. The van der Waals surface area contributed by atoms with Crippen LogP contribution < -0.4 is 5.73 Å². The first-order chi connectivity index (χ1) is 8.65. The van der Waals surface area contributed by atoms with Crippen molar-refractivity contribution in [3.8, 4) is 0 Å². The van der Waals surface area contributed by atoms with E-state index < -0.39 is 5.92 Å². The number of carbonyl (C=O) groups excluding carboxylic acids is 1. The molecule has 18 heavy (non-hydrogen) atoms. The maximum absolute atomic E-state index is 12.4. The van der Waals surface area contributed by atoms with Gasteiger partial charge in [-0.3, -0.25) is 4.79 Å². The van der Waals surface area contributed by atoms with Crippen LogP contribution >= 0.6 is 0 Å². The largest absolute Gasteiger partial charge is 0.409 e. The Hall–Kier alpha value is -1.30. The minimum Gasteiger partial charge on any atom is -0.409 e. The SMILES string of the molecule is CCC(C(=O)N1CCCCCC1CO)C(N)=NO. The van der Waals surface area contributed by atoms with Gasteiger partial charge in [-0.1, -0.05) is 24.9 Å². The number of hydrogen-bond acceptors (Lipinski definition) is 4. The van der Waals surface area contributed by atoms with E-state index in [9.17, 15) is 9.90 Å². The van der Waals surface area contributed by atoms with Gasteiger partial charge in [-0.15, -0.1) is 0 Å². The fourth-order valence-electron chi connectivity index (χ4n) is 2.44. The number of carbonyl (C=O) groups is 1. The lowest BCUT2D eigenvalue weighted by Gasteiger charge is -2.31. The number of nitrogens with zero attached hydrogens (tertiary/aromatic N) is 2. The fraction of sp³-hybridized carbons (Fsp3) is 0.833. The summed E-state index contributed by atoms with van der Waals surface area (Å²) in [6.07, 6.45) is 4.34. The van der Waals surface area contributed by atoms with Gasteiger partial charge in [0.05, 0.1) is 18.6 Å². The summed E-state index contributed by atoms with van der Waals surface area (Å²) >= 11 is 0. The molecule has 1 aliphatic rings. The van der Waals surface area contributed by atoms with Crippen LogP contribution in [0, 0.1) is 5.92 Å². The summed E-state index contributed by atoms with van der Waals surface area (Å²) in [5.74, 6) is -0.792. The van der Waals surface area contributed by atoms with Crippen LogP contribution in [-0.2, 0) is 4.79 Å². The number of amides is 1. The number of rotatable bonds is 4. The van der Waals surface area contributed by atoms with Gasteiger partial charge in [-0.25, -0.2) is 0 Å². The summed E-state index contributed by atoms with van der Waals surface area (Å²) in [6.45, 7) is 2.43. The minimum atomic E-state index is -0.595. The highest BCUT2D eigenvalue weighted by Gasteiger charge is 2.31. The van der Waals surface area contributed by atoms with E-state index in [2.05, 4.69) is 5.16 Å². The molecule has 0 aliphatic carbocycles. The van der Waals surface area contributed by atoms with Gasteiger partial charge in [0.2, 0.25) is 5.91 Å². The predicted molar refractivity (Wildman–Crippen MR) is 68.2 cm³/mol. The molecule has 1 amide bonds. The number of hydrogen-bond donors (Lipinski definition) is 3. The fourth-order valence-corrected chi connectivity index (χ4v) is 2.44. The van der Waals surface area contributed by atoms with E-state index in [1.54, 1.807) is 4.90 Å². The number of amidine groups is 1. The molecule has 1 heterocycles. The molecule has 6 nitrogen and oxygen atoms in total. The number of nitrogens with two attached hydrogens (primary N) is 1. The van der Waals surface area contributed by atoms with Crippen molar-refractivity contribution in [1.29, 1.82) is 0 Å². The van der Waals surface area contributed by atoms with E-state index >= 15 is 0 Å². The zero-order chi connectivity index (χ0) is 13.5. The van der Waals surface area contributed by atoms with Crippen molar-refractivity contribution in [3.63, 3.8) is 0 Å². The predicted octanol–water partition coefficient (Wildman–Crippen LogP) is 0.523. The van der Waals surface area contributed by atoms with E-state index in [-0.39, 0.29) is 24.4 Å². The quantitative estimate of drug-likeness (QED) is 0.296. The lowest BCUT2D eigenvalue weighted by molar-refractivity contribution is -0.136. The van der Waals surface area contributed by atoms with Crippen molar-refractivity contribution in [2.75, 3.05) is 13.2 Å². The normalized spacial score (nSPS) is 23.6. The van der Waals surface area contributed by atoms with Crippen LogP contribution in [0.2, 0.25) is 0 Å². The van der Waals surface area contributed by atoms with Gasteiger partial charge in [0, 0.05) is 6.54 Å². The van der Waals surface area contributed by atoms with Gasteiger partial charge in [-0.05, 0) is 19.3 Å². The molecule has 2 atom stereocenters. The number of aliphatic hydroxyl groups is 1. The lowest BCUT2D eigenvalue weighted by Crippen LogP contribution is -2.48. The van der Waals surface area contributed by atoms with Crippen LogP contribution in [0.15, 0.2) is 5.16 Å². The van der Waals surface area contributed by atoms with E-state index in [4.69, 9.17) is 10.9 Å². The van der Waals surface area contributed by atoms with E-state index in [1.165, 1.54) is 0 Å². The van der Waals surface area contributed by atoms with Crippen LogP contribution in [-0.4, -0.2) is 46.1 Å². The Morgan fingerprint density at radius 3 is 2.78 bits per heavy atom. The number of oxime groups is 1. The third-order valence-electron chi connectivity index (χ3n) is 3.55. The number of likely N-dealkylation sites (tertiary alicyclic amines) is 1. The third-order valence-corrected chi connectivity index (χ3v) is 3.55. The second kappa shape index (κ2) is 7.20. The van der Waals surface area contributed by atoms with Crippen LogP contribution in [0.5, 0.6) is 0 Å². The molecule has 0 spiro atoms. The Balaban J connectivity index is 2.83. The van der Waals surface area contributed by atoms with Crippen molar-refractivity contribution in [2.24, 2.45) is 16.8 Å². The Morgan fingerprint density at radius 2 is 2.22 bits per heavy atom. The van der Waals surface area contributed by atoms with E-state index in [1.807, 2.05) is 6.92 Å². The highest BCUT2D eigenvalue weighted by Crippen LogP contribution is 2.20. The van der Waals surface area contributed by atoms with Crippen molar-refractivity contribution >= 4 is 11.7 Å². The van der Waals surface area contributed by atoms with Crippen LogP contribution in [0.3, 0.4) is 0 Å². The molecule has 4 N–H and O–H groups in total. The molecule has 2 unspecified atom stereocenters. The molecule has 1 fully saturated rings. The van der Waals surface area contributed by atoms with Crippen LogP contribution in [0.1, 0.15) is 39.0 Å². The summed E-state index contributed by atoms with van der Waals surface area (Å²) in [6, 6.07) is -0.138. The molecule has 0 bridgehead atoms. The Bertz CT molecular complexity index is 307.